The second-order valence-electron chi connectivity index (χ2n) is 3.39. The van der Waals surface area contributed by atoms with Crippen LogP contribution in [-0.2, 0) is 16.1 Å². The predicted octanol–water partition coefficient (Wildman–Crippen LogP) is 0.700. The van der Waals surface area contributed by atoms with Crippen LogP contribution >= 0.6 is 0 Å². The number of rotatable bonds is 6. The number of aliphatic hydroxyl groups is 1. The number of benzene rings is 1. The summed E-state index contributed by atoms with van der Waals surface area (Å²) in [6.45, 7) is 2.47. The fourth-order valence-electron chi connectivity index (χ4n) is 1.30. The number of aliphatic hydroxyl groups excluding tert-OH is 1. The lowest BCUT2D eigenvalue weighted by Gasteiger charge is -2.13. The molecule has 1 aromatic rings. The Morgan fingerprint density at radius 1 is 1.44 bits per heavy atom. The number of hydrogen-bond donors (Lipinski definition) is 2. The van der Waals surface area contributed by atoms with Crippen LogP contribution < -0.4 is 5.32 Å². The van der Waals surface area contributed by atoms with Gasteiger partial charge in [0.2, 0.25) is 0 Å². The van der Waals surface area contributed by atoms with Crippen molar-refractivity contribution in [2.45, 2.75) is 19.6 Å². The van der Waals surface area contributed by atoms with Crippen LogP contribution in [0.1, 0.15) is 12.5 Å². The van der Waals surface area contributed by atoms with Crippen molar-refractivity contribution >= 4 is 5.97 Å². The molecule has 0 spiro atoms. The molecule has 0 fully saturated rings. The van der Waals surface area contributed by atoms with Crippen LogP contribution in [0.15, 0.2) is 30.3 Å². The standard InChI is InChI=1S/C12H17NO3/c1-2-13-11(8-14)12(15)16-9-10-6-4-3-5-7-10/h3-7,11,13-14H,2,8-9H2,1H3/t11-/m0/s1. The van der Waals surface area contributed by atoms with E-state index in [0.29, 0.717) is 6.54 Å². The van der Waals surface area contributed by atoms with E-state index < -0.39 is 12.0 Å². The molecular weight excluding hydrogens is 206 g/mol. The molecule has 1 rings (SSSR count). The molecule has 0 radical (unpaired) electrons. The normalized spacial score (nSPS) is 12.1. The summed E-state index contributed by atoms with van der Waals surface area (Å²) < 4.78 is 5.07. The van der Waals surface area contributed by atoms with Crippen LogP contribution in [0, 0.1) is 0 Å². The van der Waals surface area contributed by atoms with E-state index in [9.17, 15) is 4.79 Å². The fraction of sp³-hybridized carbons (Fsp3) is 0.417. The maximum Gasteiger partial charge on any atom is 0.325 e. The second kappa shape index (κ2) is 6.98. The van der Waals surface area contributed by atoms with Crippen LogP contribution in [-0.4, -0.2) is 30.3 Å². The van der Waals surface area contributed by atoms with Crippen molar-refractivity contribution in [1.29, 1.82) is 0 Å². The van der Waals surface area contributed by atoms with Gasteiger partial charge in [0.15, 0.2) is 0 Å². The molecule has 88 valence electrons. The molecule has 0 aromatic heterocycles. The van der Waals surface area contributed by atoms with E-state index in [-0.39, 0.29) is 13.2 Å². The van der Waals surface area contributed by atoms with E-state index in [2.05, 4.69) is 5.32 Å². The molecular formula is C12H17NO3. The number of nitrogens with one attached hydrogen (secondary N) is 1. The summed E-state index contributed by atoms with van der Waals surface area (Å²) in [6, 6.07) is 8.81. The van der Waals surface area contributed by atoms with Gasteiger partial charge in [-0.05, 0) is 12.1 Å². The Balaban J connectivity index is 2.40. The molecule has 0 aliphatic rings. The van der Waals surface area contributed by atoms with Gasteiger partial charge in [-0.2, -0.15) is 0 Å². The van der Waals surface area contributed by atoms with Crippen LogP contribution in [0.2, 0.25) is 0 Å². The highest BCUT2D eigenvalue weighted by molar-refractivity contribution is 5.75. The van der Waals surface area contributed by atoms with Crippen LogP contribution in [0.3, 0.4) is 0 Å². The molecule has 1 atom stereocenters. The number of carbonyl (C=O) groups excluding carboxylic acids is 1. The third-order valence-electron chi connectivity index (χ3n) is 2.14. The van der Waals surface area contributed by atoms with E-state index in [0.717, 1.165) is 5.56 Å². The summed E-state index contributed by atoms with van der Waals surface area (Å²) in [6.07, 6.45) is 0. The lowest BCUT2D eigenvalue weighted by molar-refractivity contribution is -0.148. The van der Waals surface area contributed by atoms with Gasteiger partial charge in [-0.25, -0.2) is 0 Å². The third kappa shape index (κ3) is 4.00. The summed E-state index contributed by atoms with van der Waals surface area (Å²) in [5, 5.41) is 11.8. The molecule has 0 unspecified atom stereocenters. The van der Waals surface area contributed by atoms with Gasteiger partial charge >= 0.3 is 5.97 Å². The van der Waals surface area contributed by atoms with Crippen molar-refractivity contribution in [3.63, 3.8) is 0 Å². The Labute approximate surface area is 95.2 Å². The van der Waals surface area contributed by atoms with Crippen molar-refractivity contribution in [2.24, 2.45) is 0 Å². The summed E-state index contributed by atoms with van der Waals surface area (Å²) in [5.74, 6) is -0.423. The zero-order valence-electron chi connectivity index (χ0n) is 9.35. The maximum atomic E-state index is 11.5. The lowest BCUT2D eigenvalue weighted by atomic mass is 10.2. The third-order valence-corrected chi connectivity index (χ3v) is 2.14. The molecule has 4 heteroatoms. The molecule has 0 aliphatic heterocycles. The van der Waals surface area contributed by atoms with Gasteiger partial charge in [0.25, 0.3) is 0 Å². The number of likely N-dealkylation sites (N-methyl/N-ethyl adjacent to an activating group) is 1. The first-order valence-electron chi connectivity index (χ1n) is 5.32. The molecule has 0 saturated heterocycles. The first-order valence-corrected chi connectivity index (χ1v) is 5.32. The average molecular weight is 223 g/mol. The van der Waals surface area contributed by atoms with E-state index in [1.807, 2.05) is 37.3 Å². The topological polar surface area (TPSA) is 58.6 Å². The van der Waals surface area contributed by atoms with E-state index >= 15 is 0 Å². The molecule has 0 heterocycles. The van der Waals surface area contributed by atoms with Crippen molar-refractivity contribution in [3.05, 3.63) is 35.9 Å². The number of esters is 1. The molecule has 0 amide bonds. The largest absolute Gasteiger partial charge is 0.460 e. The van der Waals surface area contributed by atoms with Gasteiger partial charge in [0.05, 0.1) is 6.61 Å². The highest BCUT2D eigenvalue weighted by Crippen LogP contribution is 2.01. The van der Waals surface area contributed by atoms with E-state index in [1.54, 1.807) is 0 Å². The Hall–Kier alpha value is -1.39. The smallest absolute Gasteiger partial charge is 0.325 e. The summed E-state index contributed by atoms with van der Waals surface area (Å²) in [5.41, 5.74) is 0.934. The first kappa shape index (κ1) is 12.7. The number of ether oxygens (including phenoxy) is 1. The highest BCUT2D eigenvalue weighted by atomic mass is 16.5. The van der Waals surface area contributed by atoms with Gasteiger partial charge in [0, 0.05) is 0 Å². The Kier molecular flexibility index (Phi) is 5.53. The van der Waals surface area contributed by atoms with Gasteiger partial charge < -0.3 is 15.2 Å². The number of carbonyl (C=O) groups is 1. The van der Waals surface area contributed by atoms with Gasteiger partial charge in [-0.3, -0.25) is 4.79 Å². The Morgan fingerprint density at radius 3 is 2.69 bits per heavy atom. The van der Waals surface area contributed by atoms with Gasteiger partial charge in [0.1, 0.15) is 12.6 Å². The molecule has 0 aliphatic carbocycles. The highest BCUT2D eigenvalue weighted by Gasteiger charge is 2.17. The SMILES string of the molecule is CCN[C@@H](CO)C(=O)OCc1ccccc1. The summed E-state index contributed by atoms with van der Waals surface area (Å²) in [4.78, 5) is 11.5. The molecule has 1 aromatic carbocycles. The van der Waals surface area contributed by atoms with Crippen LogP contribution in [0.4, 0.5) is 0 Å². The molecule has 0 bridgehead atoms. The van der Waals surface area contributed by atoms with Crippen molar-refractivity contribution in [1.82, 2.24) is 5.32 Å². The molecule has 0 saturated carbocycles. The van der Waals surface area contributed by atoms with Gasteiger partial charge in [-0.1, -0.05) is 37.3 Å². The minimum atomic E-state index is -0.631. The lowest BCUT2D eigenvalue weighted by Crippen LogP contribution is -2.40. The monoisotopic (exact) mass is 223 g/mol. The van der Waals surface area contributed by atoms with E-state index in [1.165, 1.54) is 0 Å². The molecule has 2 N–H and O–H groups in total. The average Bonchev–Trinajstić information content (AvgIpc) is 2.34. The predicted molar refractivity (Wildman–Crippen MR) is 60.8 cm³/mol. The van der Waals surface area contributed by atoms with Crippen LogP contribution in [0.25, 0.3) is 0 Å². The first-order chi connectivity index (χ1) is 7.77. The minimum Gasteiger partial charge on any atom is -0.460 e. The second-order valence-corrected chi connectivity index (χ2v) is 3.39. The molecule has 4 nitrogen and oxygen atoms in total. The summed E-state index contributed by atoms with van der Waals surface area (Å²) >= 11 is 0. The van der Waals surface area contributed by atoms with Crippen LogP contribution in [0.5, 0.6) is 0 Å². The quantitative estimate of drug-likeness (QED) is 0.697. The summed E-state index contributed by atoms with van der Waals surface area (Å²) in [7, 11) is 0. The van der Waals surface area contributed by atoms with E-state index in [4.69, 9.17) is 9.84 Å². The zero-order chi connectivity index (χ0) is 11.8. The zero-order valence-corrected chi connectivity index (χ0v) is 9.35. The maximum absolute atomic E-state index is 11.5. The van der Waals surface area contributed by atoms with Gasteiger partial charge in [-0.15, -0.1) is 0 Å². The van der Waals surface area contributed by atoms with Crippen molar-refractivity contribution in [2.75, 3.05) is 13.2 Å². The fourth-order valence-corrected chi connectivity index (χ4v) is 1.30. The Morgan fingerprint density at radius 2 is 2.12 bits per heavy atom. The van der Waals surface area contributed by atoms with Crippen molar-refractivity contribution < 1.29 is 14.6 Å². The number of hydrogen-bond acceptors (Lipinski definition) is 4. The molecule has 16 heavy (non-hydrogen) atoms. The Bertz CT molecular complexity index is 313. The van der Waals surface area contributed by atoms with Crippen molar-refractivity contribution in [3.8, 4) is 0 Å². The minimum absolute atomic E-state index is 0.238.